The van der Waals surface area contributed by atoms with Crippen molar-refractivity contribution in [2.45, 2.75) is 5.41 Å². The summed E-state index contributed by atoms with van der Waals surface area (Å²) in [4.78, 5) is 14.7. The highest BCUT2D eigenvalue weighted by Crippen LogP contribution is 2.55. The number of benzene rings is 6. The highest BCUT2D eigenvalue weighted by Gasteiger charge is 2.45. The van der Waals surface area contributed by atoms with E-state index in [2.05, 4.69) is 78.9 Å². The Morgan fingerprint density at radius 3 is 1.63 bits per heavy atom. The normalized spacial score (nSPS) is 12.7. The van der Waals surface area contributed by atoms with Crippen LogP contribution in [0.2, 0.25) is 0 Å². The molecule has 8 rings (SSSR count). The first-order valence-electron chi connectivity index (χ1n) is 15.1. The zero-order chi connectivity index (χ0) is 30.9. The molecule has 6 aromatic carbocycles. The second kappa shape index (κ2) is 11.3. The van der Waals surface area contributed by atoms with Gasteiger partial charge in [0.2, 0.25) is 0 Å². The van der Waals surface area contributed by atoms with E-state index in [9.17, 15) is 5.26 Å². The Morgan fingerprint density at radius 1 is 0.457 bits per heavy atom. The highest BCUT2D eigenvalue weighted by atomic mass is 16.5. The molecule has 0 fully saturated rings. The van der Waals surface area contributed by atoms with E-state index >= 15 is 0 Å². The van der Waals surface area contributed by atoms with E-state index < -0.39 is 5.41 Å². The summed E-state index contributed by atoms with van der Waals surface area (Å²) in [5, 5.41) is 9.55. The van der Waals surface area contributed by atoms with Gasteiger partial charge in [-0.2, -0.15) is 5.26 Å². The number of rotatable bonds is 5. The van der Waals surface area contributed by atoms with Gasteiger partial charge in [-0.25, -0.2) is 15.0 Å². The summed E-state index contributed by atoms with van der Waals surface area (Å²) in [5.74, 6) is 3.09. The third-order valence-corrected chi connectivity index (χ3v) is 8.49. The third-order valence-electron chi connectivity index (χ3n) is 8.49. The first-order valence-corrected chi connectivity index (χ1v) is 15.1. The van der Waals surface area contributed by atoms with Gasteiger partial charge >= 0.3 is 0 Å². The van der Waals surface area contributed by atoms with Crippen molar-refractivity contribution >= 4 is 0 Å². The minimum Gasteiger partial charge on any atom is -0.457 e. The van der Waals surface area contributed by atoms with Gasteiger partial charge in [0.05, 0.1) is 17.0 Å². The van der Waals surface area contributed by atoms with Crippen LogP contribution in [0, 0.1) is 11.3 Å². The van der Waals surface area contributed by atoms with E-state index in [4.69, 9.17) is 19.7 Å². The SMILES string of the molecule is N#Cc1cccc(-c2nc(-c3ccccc3)nc(-c3ccc4c(c3)Oc3ccccc3C4(c3ccccc3)c3ccccc3)n2)c1. The molecule has 0 aliphatic carbocycles. The molecular weight excluding hydrogens is 564 g/mol. The van der Waals surface area contributed by atoms with Crippen molar-refractivity contribution in [3.63, 3.8) is 0 Å². The number of para-hydroxylation sites is 1. The van der Waals surface area contributed by atoms with Crippen molar-refractivity contribution in [1.29, 1.82) is 5.26 Å². The Labute approximate surface area is 267 Å². The van der Waals surface area contributed by atoms with Crippen molar-refractivity contribution < 1.29 is 4.74 Å². The van der Waals surface area contributed by atoms with Gasteiger partial charge in [-0.05, 0) is 35.4 Å². The molecule has 5 nitrogen and oxygen atoms in total. The van der Waals surface area contributed by atoms with Gasteiger partial charge in [0.1, 0.15) is 11.5 Å². The fraction of sp³-hybridized carbons (Fsp3) is 0.0244. The predicted octanol–water partition coefficient (Wildman–Crippen LogP) is 9.23. The lowest BCUT2D eigenvalue weighted by atomic mass is 9.63. The number of nitriles is 1. The minimum atomic E-state index is -0.609. The summed E-state index contributed by atoms with van der Waals surface area (Å²) in [6.45, 7) is 0. The van der Waals surface area contributed by atoms with Crippen molar-refractivity contribution in [3.8, 4) is 51.7 Å². The molecule has 0 spiro atoms. The van der Waals surface area contributed by atoms with E-state index in [-0.39, 0.29) is 0 Å². The van der Waals surface area contributed by atoms with Crippen LogP contribution >= 0.6 is 0 Å². The molecule has 216 valence electrons. The Balaban J connectivity index is 1.36. The molecule has 46 heavy (non-hydrogen) atoms. The molecule has 5 heteroatoms. The fourth-order valence-electron chi connectivity index (χ4n) is 6.43. The van der Waals surface area contributed by atoms with Gasteiger partial charge in [-0.15, -0.1) is 0 Å². The van der Waals surface area contributed by atoms with Gasteiger partial charge in [0.25, 0.3) is 0 Å². The van der Waals surface area contributed by atoms with Crippen LogP contribution in [0.5, 0.6) is 11.5 Å². The van der Waals surface area contributed by atoms with Gasteiger partial charge < -0.3 is 4.74 Å². The van der Waals surface area contributed by atoms with Crippen molar-refractivity contribution in [2.24, 2.45) is 0 Å². The summed E-state index contributed by atoms with van der Waals surface area (Å²) >= 11 is 0. The van der Waals surface area contributed by atoms with E-state index in [1.165, 1.54) is 0 Å². The lowest BCUT2D eigenvalue weighted by Crippen LogP contribution is -2.34. The first-order chi connectivity index (χ1) is 22.7. The summed E-state index contributed by atoms with van der Waals surface area (Å²) in [7, 11) is 0. The topological polar surface area (TPSA) is 71.7 Å². The maximum absolute atomic E-state index is 9.55. The zero-order valence-electron chi connectivity index (χ0n) is 24.7. The van der Waals surface area contributed by atoms with E-state index in [1.807, 2.05) is 72.8 Å². The van der Waals surface area contributed by atoms with Crippen LogP contribution in [-0.4, -0.2) is 15.0 Å². The molecular formula is C41H26N4O. The second-order valence-electron chi connectivity index (χ2n) is 11.2. The average Bonchev–Trinajstić information content (AvgIpc) is 3.14. The molecule has 0 bridgehead atoms. The Hall–Kier alpha value is -6.38. The van der Waals surface area contributed by atoms with Crippen LogP contribution in [-0.2, 0) is 5.41 Å². The lowest BCUT2D eigenvalue weighted by molar-refractivity contribution is 0.434. The molecule has 0 radical (unpaired) electrons. The Bertz CT molecular complexity index is 2200. The number of nitrogens with zero attached hydrogens (tertiary/aromatic N) is 4. The molecule has 0 atom stereocenters. The highest BCUT2D eigenvalue weighted by molar-refractivity contribution is 5.74. The van der Waals surface area contributed by atoms with Gasteiger partial charge in [0, 0.05) is 27.8 Å². The molecule has 1 aromatic heterocycles. The number of aromatic nitrogens is 3. The van der Waals surface area contributed by atoms with E-state index in [0.29, 0.717) is 23.0 Å². The van der Waals surface area contributed by atoms with E-state index in [0.717, 1.165) is 50.4 Å². The largest absolute Gasteiger partial charge is 0.457 e. The van der Waals surface area contributed by atoms with Crippen molar-refractivity contribution in [3.05, 3.63) is 186 Å². The maximum atomic E-state index is 9.55. The quantitative estimate of drug-likeness (QED) is 0.200. The standard InChI is InChI=1S/C41H26N4O/c42-27-28-13-12-16-30(25-28)39-43-38(29-14-4-1-5-15-29)44-40(45-39)31-23-24-35-37(26-31)46-36-22-11-10-21-34(36)41(35,32-17-6-2-7-18-32)33-19-8-3-9-20-33/h1-26H. The number of hydrogen-bond donors (Lipinski definition) is 0. The van der Waals surface area contributed by atoms with Crippen LogP contribution in [0.4, 0.5) is 0 Å². The predicted molar refractivity (Wildman–Crippen MR) is 179 cm³/mol. The molecule has 0 saturated heterocycles. The number of hydrogen-bond acceptors (Lipinski definition) is 5. The fourth-order valence-corrected chi connectivity index (χ4v) is 6.43. The average molecular weight is 591 g/mol. The molecule has 0 unspecified atom stereocenters. The minimum absolute atomic E-state index is 0.493. The number of ether oxygens (including phenoxy) is 1. The first kappa shape index (κ1) is 27.2. The Kier molecular flexibility index (Phi) is 6.67. The zero-order valence-corrected chi connectivity index (χ0v) is 24.7. The monoisotopic (exact) mass is 590 g/mol. The van der Waals surface area contributed by atoms with Gasteiger partial charge in [-0.3, -0.25) is 0 Å². The number of fused-ring (bicyclic) bond motifs is 2. The van der Waals surface area contributed by atoms with Crippen molar-refractivity contribution in [2.75, 3.05) is 0 Å². The summed E-state index contributed by atoms with van der Waals surface area (Å²) in [5.41, 5.74) is 6.77. The maximum Gasteiger partial charge on any atom is 0.164 e. The summed E-state index contributed by atoms with van der Waals surface area (Å²) in [6.07, 6.45) is 0. The molecule has 0 N–H and O–H groups in total. The molecule has 1 aliphatic rings. The second-order valence-corrected chi connectivity index (χ2v) is 11.2. The third kappa shape index (κ3) is 4.52. The molecule has 2 heterocycles. The summed E-state index contributed by atoms with van der Waals surface area (Å²) < 4.78 is 6.69. The molecule has 0 saturated carbocycles. The molecule has 0 amide bonds. The van der Waals surface area contributed by atoms with Crippen LogP contribution in [0.1, 0.15) is 27.8 Å². The smallest absolute Gasteiger partial charge is 0.164 e. The molecule has 7 aromatic rings. The lowest BCUT2D eigenvalue weighted by Gasteiger charge is -2.41. The Morgan fingerprint density at radius 2 is 0.978 bits per heavy atom. The van der Waals surface area contributed by atoms with Crippen LogP contribution in [0.3, 0.4) is 0 Å². The summed E-state index contributed by atoms with van der Waals surface area (Å²) in [6, 6.07) is 55.1. The van der Waals surface area contributed by atoms with Crippen molar-refractivity contribution in [1.82, 2.24) is 15.0 Å². The van der Waals surface area contributed by atoms with Gasteiger partial charge in [0.15, 0.2) is 17.5 Å². The van der Waals surface area contributed by atoms with E-state index in [1.54, 1.807) is 12.1 Å². The molecule has 1 aliphatic heterocycles. The van der Waals surface area contributed by atoms with Crippen LogP contribution in [0.15, 0.2) is 158 Å². The van der Waals surface area contributed by atoms with Crippen LogP contribution in [0.25, 0.3) is 34.2 Å². The van der Waals surface area contributed by atoms with Crippen LogP contribution < -0.4 is 4.74 Å². The van der Waals surface area contributed by atoms with Gasteiger partial charge in [-0.1, -0.05) is 133 Å².